The zero-order valence-electron chi connectivity index (χ0n) is 10.8. The first-order valence-electron chi connectivity index (χ1n) is 5.55. The molecule has 0 fully saturated rings. The van der Waals surface area contributed by atoms with Gasteiger partial charge in [0.1, 0.15) is 5.75 Å². The quantitative estimate of drug-likeness (QED) is 0.636. The molecule has 1 N–H and O–H groups in total. The van der Waals surface area contributed by atoms with Gasteiger partial charge in [0.25, 0.3) is 0 Å². The number of rotatable bonds is 0. The van der Waals surface area contributed by atoms with Gasteiger partial charge in [-0.25, -0.2) is 0 Å². The lowest BCUT2D eigenvalue weighted by atomic mass is 10.2. The number of benzene rings is 1. The fraction of sp³-hybridized carbons (Fsp3) is 0.538. The molecular weight excluding hydrogens is 172 g/mol. The summed E-state index contributed by atoms with van der Waals surface area (Å²) in [5.41, 5.74) is 0.924. The van der Waals surface area contributed by atoms with Gasteiger partial charge in [-0.05, 0) is 18.6 Å². The van der Waals surface area contributed by atoms with E-state index in [9.17, 15) is 0 Å². The van der Waals surface area contributed by atoms with Crippen molar-refractivity contribution in [2.45, 2.75) is 48.5 Å². The predicted octanol–water partition coefficient (Wildman–Crippen LogP) is 4.78. The van der Waals surface area contributed by atoms with Crippen molar-refractivity contribution < 1.29 is 5.11 Å². The number of hydrogen-bond donors (Lipinski definition) is 1. The number of aryl methyl sites for hydroxylation is 1. The maximum Gasteiger partial charge on any atom is 0.118 e. The standard InChI is InChI=1S/C7H8O.3C2H6/c1-6-4-2-3-5-7(6)8;3*1-2/h2-5,8H,1H3;3*1-2H3. The van der Waals surface area contributed by atoms with Gasteiger partial charge in [0.05, 0.1) is 0 Å². The van der Waals surface area contributed by atoms with Gasteiger partial charge in [0, 0.05) is 0 Å². The summed E-state index contributed by atoms with van der Waals surface area (Å²) in [6.07, 6.45) is 0. The summed E-state index contributed by atoms with van der Waals surface area (Å²) >= 11 is 0. The molecule has 14 heavy (non-hydrogen) atoms. The van der Waals surface area contributed by atoms with Crippen molar-refractivity contribution >= 4 is 0 Å². The van der Waals surface area contributed by atoms with Crippen LogP contribution in [0, 0.1) is 6.92 Å². The summed E-state index contributed by atoms with van der Waals surface area (Å²) in [7, 11) is 0. The molecule has 0 saturated carbocycles. The van der Waals surface area contributed by atoms with Crippen LogP contribution in [0.15, 0.2) is 24.3 Å². The van der Waals surface area contributed by atoms with E-state index in [0.29, 0.717) is 5.75 Å². The van der Waals surface area contributed by atoms with E-state index in [-0.39, 0.29) is 0 Å². The monoisotopic (exact) mass is 198 g/mol. The van der Waals surface area contributed by atoms with Crippen molar-refractivity contribution in [3.63, 3.8) is 0 Å². The topological polar surface area (TPSA) is 20.2 Å². The Morgan fingerprint density at radius 1 is 0.786 bits per heavy atom. The Morgan fingerprint density at radius 3 is 1.36 bits per heavy atom. The Bertz CT molecular complexity index is 161. The van der Waals surface area contributed by atoms with E-state index >= 15 is 0 Å². The lowest BCUT2D eigenvalue weighted by molar-refractivity contribution is 0.471. The summed E-state index contributed by atoms with van der Waals surface area (Å²) in [6, 6.07) is 7.25. The van der Waals surface area contributed by atoms with Crippen molar-refractivity contribution in [3.8, 4) is 5.75 Å². The summed E-state index contributed by atoms with van der Waals surface area (Å²) in [5.74, 6) is 0.368. The molecule has 0 saturated heterocycles. The third kappa shape index (κ3) is 11.0. The molecule has 84 valence electrons. The summed E-state index contributed by atoms with van der Waals surface area (Å²) < 4.78 is 0. The molecule has 0 unspecified atom stereocenters. The third-order valence-electron chi connectivity index (χ3n) is 1.12. The Labute approximate surface area is 89.8 Å². The number of phenolic OH excluding ortho intramolecular Hbond substituents is 1. The normalized spacial score (nSPS) is 6.50. The van der Waals surface area contributed by atoms with Gasteiger partial charge in [0.2, 0.25) is 0 Å². The van der Waals surface area contributed by atoms with Crippen molar-refractivity contribution in [2.75, 3.05) is 0 Å². The lowest BCUT2D eigenvalue weighted by Crippen LogP contribution is -1.68. The van der Waals surface area contributed by atoms with E-state index < -0.39 is 0 Å². The molecule has 0 aliphatic carbocycles. The maximum atomic E-state index is 8.92. The van der Waals surface area contributed by atoms with Gasteiger partial charge in [-0.1, -0.05) is 59.7 Å². The van der Waals surface area contributed by atoms with Crippen LogP contribution < -0.4 is 0 Å². The molecular formula is C13H26O. The first-order valence-corrected chi connectivity index (χ1v) is 5.55. The molecule has 0 atom stereocenters. The molecule has 1 rings (SSSR count). The maximum absolute atomic E-state index is 8.92. The van der Waals surface area contributed by atoms with Crippen molar-refractivity contribution in [3.05, 3.63) is 29.8 Å². The molecule has 0 amide bonds. The average molecular weight is 198 g/mol. The van der Waals surface area contributed by atoms with E-state index in [1.807, 2.05) is 66.7 Å². The van der Waals surface area contributed by atoms with Crippen LogP contribution in [0.25, 0.3) is 0 Å². The minimum atomic E-state index is 0.368. The molecule has 0 radical (unpaired) electrons. The first kappa shape index (κ1) is 18.7. The second kappa shape index (κ2) is 17.9. The van der Waals surface area contributed by atoms with Crippen LogP contribution in [0.1, 0.15) is 47.1 Å². The second-order valence-corrected chi connectivity index (χ2v) is 1.79. The van der Waals surface area contributed by atoms with Crippen LogP contribution >= 0.6 is 0 Å². The number of aromatic hydroxyl groups is 1. The summed E-state index contributed by atoms with van der Waals surface area (Å²) in [5, 5.41) is 8.92. The van der Waals surface area contributed by atoms with Crippen molar-refractivity contribution in [2.24, 2.45) is 0 Å². The van der Waals surface area contributed by atoms with Crippen molar-refractivity contribution in [1.29, 1.82) is 0 Å². The highest BCUT2D eigenvalue weighted by molar-refractivity contribution is 5.29. The Hall–Kier alpha value is -0.980. The van der Waals surface area contributed by atoms with Crippen LogP contribution in [0.3, 0.4) is 0 Å². The lowest BCUT2D eigenvalue weighted by Gasteiger charge is -1.92. The molecule has 1 nitrogen and oxygen atoms in total. The minimum Gasteiger partial charge on any atom is -0.508 e. The molecule has 0 spiro atoms. The van der Waals surface area contributed by atoms with E-state index in [2.05, 4.69) is 0 Å². The molecule has 1 aromatic carbocycles. The number of para-hydroxylation sites is 1. The zero-order valence-corrected chi connectivity index (χ0v) is 10.8. The van der Waals surface area contributed by atoms with Gasteiger partial charge >= 0.3 is 0 Å². The molecule has 0 heterocycles. The summed E-state index contributed by atoms with van der Waals surface area (Å²) in [6.45, 7) is 13.9. The van der Waals surface area contributed by atoms with E-state index in [1.54, 1.807) is 6.07 Å². The fourth-order valence-electron chi connectivity index (χ4n) is 0.563. The van der Waals surface area contributed by atoms with Crippen LogP contribution in [0.2, 0.25) is 0 Å². The van der Waals surface area contributed by atoms with E-state index in [1.165, 1.54) is 0 Å². The van der Waals surface area contributed by atoms with Crippen LogP contribution in [-0.2, 0) is 0 Å². The van der Waals surface area contributed by atoms with Crippen LogP contribution in [-0.4, -0.2) is 5.11 Å². The SMILES string of the molecule is CC.CC.CC.Cc1ccccc1O. The molecule has 0 bridgehead atoms. The van der Waals surface area contributed by atoms with Gasteiger partial charge in [-0.2, -0.15) is 0 Å². The van der Waals surface area contributed by atoms with E-state index in [0.717, 1.165) is 5.56 Å². The molecule has 1 heteroatoms. The van der Waals surface area contributed by atoms with Gasteiger partial charge in [0.15, 0.2) is 0 Å². The van der Waals surface area contributed by atoms with Gasteiger partial charge in [-0.3, -0.25) is 0 Å². The predicted molar refractivity (Wildman–Crippen MR) is 66.9 cm³/mol. The Balaban J connectivity index is -0.000000174. The molecule has 0 aliphatic rings. The number of hydrogen-bond acceptors (Lipinski definition) is 1. The van der Waals surface area contributed by atoms with Crippen molar-refractivity contribution in [1.82, 2.24) is 0 Å². The first-order chi connectivity index (χ1) is 6.80. The van der Waals surface area contributed by atoms with Gasteiger partial charge in [-0.15, -0.1) is 0 Å². The Morgan fingerprint density at radius 2 is 1.14 bits per heavy atom. The minimum absolute atomic E-state index is 0.368. The molecule has 0 aliphatic heterocycles. The Kier molecular flexibility index (Phi) is 24.0. The zero-order chi connectivity index (χ0) is 12.0. The highest BCUT2D eigenvalue weighted by atomic mass is 16.3. The smallest absolute Gasteiger partial charge is 0.118 e. The van der Waals surface area contributed by atoms with Crippen LogP contribution in [0.5, 0.6) is 5.75 Å². The van der Waals surface area contributed by atoms with E-state index in [4.69, 9.17) is 5.11 Å². The molecule has 0 aromatic heterocycles. The largest absolute Gasteiger partial charge is 0.508 e. The van der Waals surface area contributed by atoms with Crippen LogP contribution in [0.4, 0.5) is 0 Å². The highest BCUT2D eigenvalue weighted by Gasteiger charge is 1.86. The fourth-order valence-corrected chi connectivity index (χ4v) is 0.563. The van der Waals surface area contributed by atoms with Gasteiger partial charge < -0.3 is 5.11 Å². The third-order valence-corrected chi connectivity index (χ3v) is 1.12. The highest BCUT2D eigenvalue weighted by Crippen LogP contribution is 2.12. The average Bonchev–Trinajstić information content (AvgIpc) is 2.31. The molecule has 1 aromatic rings. The summed E-state index contributed by atoms with van der Waals surface area (Å²) in [4.78, 5) is 0. The second-order valence-electron chi connectivity index (χ2n) is 1.79. The number of phenols is 1.